The zero-order valence-electron chi connectivity index (χ0n) is 9.74. The van der Waals surface area contributed by atoms with Crippen LogP contribution in [0, 0.1) is 0 Å². The van der Waals surface area contributed by atoms with Crippen LogP contribution in [0.4, 0.5) is 0 Å². The lowest BCUT2D eigenvalue weighted by Gasteiger charge is -2.10. The quantitative estimate of drug-likeness (QED) is 0.494. The van der Waals surface area contributed by atoms with E-state index in [0.717, 1.165) is 11.3 Å². The second-order valence-electron chi connectivity index (χ2n) is 3.61. The maximum absolute atomic E-state index is 5.71. The summed E-state index contributed by atoms with van der Waals surface area (Å²) in [4.78, 5) is 10.2. The molecule has 0 radical (unpaired) electrons. The standard InChI is InChI=1S/C10H14N6.HI/c1-15(2)10(11)13-7-8-3-5-12-9-4-6-14-16(8)9;/h3-6H,7H2,1-2H3,(H2,11,13);1H. The van der Waals surface area contributed by atoms with Crippen LogP contribution in [-0.2, 0) is 6.54 Å². The monoisotopic (exact) mass is 346 g/mol. The Hall–Kier alpha value is -1.38. The third-order valence-corrected chi connectivity index (χ3v) is 2.23. The van der Waals surface area contributed by atoms with Crippen LogP contribution >= 0.6 is 24.0 Å². The fraction of sp³-hybridized carbons (Fsp3) is 0.300. The maximum atomic E-state index is 5.71. The molecule has 7 heteroatoms. The van der Waals surface area contributed by atoms with Gasteiger partial charge in [-0.05, 0) is 6.07 Å². The molecule has 2 N–H and O–H groups in total. The van der Waals surface area contributed by atoms with E-state index in [1.165, 1.54) is 0 Å². The molecule has 0 saturated carbocycles. The zero-order valence-corrected chi connectivity index (χ0v) is 12.1. The Balaban J connectivity index is 0.00000144. The largest absolute Gasteiger partial charge is 0.370 e. The Morgan fingerprint density at radius 3 is 2.88 bits per heavy atom. The third kappa shape index (κ3) is 3.05. The Bertz CT molecular complexity index is 518. The van der Waals surface area contributed by atoms with Crippen molar-refractivity contribution in [3.05, 3.63) is 30.2 Å². The van der Waals surface area contributed by atoms with Crippen LogP contribution < -0.4 is 5.73 Å². The van der Waals surface area contributed by atoms with Crippen LogP contribution in [-0.4, -0.2) is 39.6 Å². The van der Waals surface area contributed by atoms with Crippen LogP contribution in [0.5, 0.6) is 0 Å². The number of rotatable bonds is 2. The first-order valence-corrected chi connectivity index (χ1v) is 4.93. The molecule has 0 aliphatic heterocycles. The molecule has 2 rings (SSSR count). The maximum Gasteiger partial charge on any atom is 0.191 e. The van der Waals surface area contributed by atoms with Gasteiger partial charge in [0.2, 0.25) is 0 Å². The van der Waals surface area contributed by atoms with E-state index < -0.39 is 0 Å². The van der Waals surface area contributed by atoms with Gasteiger partial charge in [0.05, 0.1) is 18.4 Å². The molecule has 0 aliphatic rings. The van der Waals surface area contributed by atoms with Crippen molar-refractivity contribution >= 4 is 35.6 Å². The molecular weight excluding hydrogens is 331 g/mol. The first-order valence-electron chi connectivity index (χ1n) is 4.93. The number of hydrogen-bond donors (Lipinski definition) is 1. The normalized spacial score (nSPS) is 11.3. The van der Waals surface area contributed by atoms with Crippen molar-refractivity contribution in [1.82, 2.24) is 19.5 Å². The van der Waals surface area contributed by atoms with E-state index >= 15 is 0 Å². The number of aromatic nitrogens is 3. The Morgan fingerprint density at radius 1 is 1.41 bits per heavy atom. The van der Waals surface area contributed by atoms with Crippen molar-refractivity contribution in [3.8, 4) is 0 Å². The molecule has 0 fully saturated rings. The lowest BCUT2D eigenvalue weighted by molar-refractivity contribution is 0.608. The van der Waals surface area contributed by atoms with Crippen LogP contribution in [0.1, 0.15) is 5.69 Å². The first-order chi connectivity index (χ1) is 7.68. The van der Waals surface area contributed by atoms with E-state index in [0.29, 0.717) is 12.5 Å². The fourth-order valence-corrected chi connectivity index (χ4v) is 1.31. The average Bonchev–Trinajstić information content (AvgIpc) is 2.73. The Kier molecular flexibility index (Phi) is 4.67. The number of nitrogens with zero attached hydrogens (tertiary/aromatic N) is 5. The lowest BCUT2D eigenvalue weighted by Crippen LogP contribution is -2.30. The van der Waals surface area contributed by atoms with E-state index in [4.69, 9.17) is 5.73 Å². The molecule has 0 aromatic carbocycles. The van der Waals surface area contributed by atoms with E-state index in [2.05, 4.69) is 15.1 Å². The van der Waals surface area contributed by atoms with Crippen LogP contribution in [0.15, 0.2) is 29.5 Å². The average molecular weight is 346 g/mol. The predicted octanol–water partition coefficient (Wildman–Crippen LogP) is 0.724. The molecule has 17 heavy (non-hydrogen) atoms. The number of fused-ring (bicyclic) bond motifs is 1. The van der Waals surface area contributed by atoms with Crippen LogP contribution in [0.25, 0.3) is 5.65 Å². The van der Waals surface area contributed by atoms with Crippen LogP contribution in [0.3, 0.4) is 0 Å². The van der Waals surface area contributed by atoms with Gasteiger partial charge in [-0.15, -0.1) is 24.0 Å². The molecule has 2 aromatic rings. The number of hydrogen-bond acceptors (Lipinski definition) is 3. The molecule has 2 heterocycles. The van der Waals surface area contributed by atoms with Gasteiger partial charge in [-0.1, -0.05) is 0 Å². The zero-order chi connectivity index (χ0) is 11.5. The summed E-state index contributed by atoms with van der Waals surface area (Å²) in [6.07, 6.45) is 3.46. The molecule has 0 atom stereocenters. The van der Waals surface area contributed by atoms with E-state index in [9.17, 15) is 0 Å². The highest BCUT2D eigenvalue weighted by Crippen LogP contribution is 2.04. The highest BCUT2D eigenvalue weighted by Gasteiger charge is 2.01. The van der Waals surface area contributed by atoms with Gasteiger partial charge in [-0.3, -0.25) is 0 Å². The SMILES string of the molecule is CN(C)C(N)=NCc1ccnc2ccnn12.I. The minimum absolute atomic E-state index is 0. The highest BCUT2D eigenvalue weighted by atomic mass is 127. The second-order valence-corrected chi connectivity index (χ2v) is 3.61. The Labute approximate surface area is 117 Å². The molecule has 0 bridgehead atoms. The molecular formula is C10H15IN6. The fourth-order valence-electron chi connectivity index (χ4n) is 1.31. The molecule has 6 nitrogen and oxygen atoms in total. The minimum Gasteiger partial charge on any atom is -0.370 e. The molecule has 0 amide bonds. The molecule has 0 aliphatic carbocycles. The summed E-state index contributed by atoms with van der Waals surface area (Å²) in [5, 5.41) is 4.17. The summed E-state index contributed by atoms with van der Waals surface area (Å²) >= 11 is 0. The second kappa shape index (κ2) is 5.80. The number of aliphatic imine (C=N–C) groups is 1. The molecule has 0 saturated heterocycles. The van der Waals surface area contributed by atoms with Gasteiger partial charge in [0.25, 0.3) is 0 Å². The lowest BCUT2D eigenvalue weighted by atomic mass is 10.4. The van der Waals surface area contributed by atoms with Gasteiger partial charge in [-0.25, -0.2) is 14.5 Å². The van der Waals surface area contributed by atoms with Crippen molar-refractivity contribution in [2.45, 2.75) is 6.54 Å². The summed E-state index contributed by atoms with van der Waals surface area (Å²) < 4.78 is 1.76. The van der Waals surface area contributed by atoms with Gasteiger partial charge in [0.1, 0.15) is 0 Å². The van der Waals surface area contributed by atoms with Crippen molar-refractivity contribution in [3.63, 3.8) is 0 Å². The van der Waals surface area contributed by atoms with Gasteiger partial charge in [0.15, 0.2) is 11.6 Å². The van der Waals surface area contributed by atoms with Crippen molar-refractivity contribution in [1.29, 1.82) is 0 Å². The van der Waals surface area contributed by atoms with Gasteiger partial charge < -0.3 is 10.6 Å². The summed E-state index contributed by atoms with van der Waals surface area (Å²) in [5.41, 5.74) is 7.49. The van der Waals surface area contributed by atoms with Crippen molar-refractivity contribution < 1.29 is 0 Å². The summed E-state index contributed by atoms with van der Waals surface area (Å²) in [5.74, 6) is 0.497. The van der Waals surface area contributed by atoms with Gasteiger partial charge in [-0.2, -0.15) is 5.10 Å². The summed E-state index contributed by atoms with van der Waals surface area (Å²) in [7, 11) is 3.71. The van der Waals surface area contributed by atoms with Gasteiger partial charge in [0, 0.05) is 26.4 Å². The smallest absolute Gasteiger partial charge is 0.191 e. The third-order valence-electron chi connectivity index (χ3n) is 2.23. The summed E-state index contributed by atoms with van der Waals surface area (Å²) in [6, 6.07) is 3.73. The first kappa shape index (κ1) is 13.7. The van der Waals surface area contributed by atoms with Gasteiger partial charge >= 0.3 is 0 Å². The number of halogens is 1. The molecule has 0 spiro atoms. The highest BCUT2D eigenvalue weighted by molar-refractivity contribution is 14.0. The topological polar surface area (TPSA) is 71.8 Å². The number of guanidine groups is 1. The van der Waals surface area contributed by atoms with E-state index in [1.54, 1.807) is 21.8 Å². The number of nitrogens with two attached hydrogens (primary N) is 1. The van der Waals surface area contributed by atoms with E-state index in [-0.39, 0.29) is 24.0 Å². The van der Waals surface area contributed by atoms with Crippen LogP contribution in [0.2, 0.25) is 0 Å². The van der Waals surface area contributed by atoms with Crippen molar-refractivity contribution in [2.24, 2.45) is 10.7 Å². The summed E-state index contributed by atoms with van der Waals surface area (Å²) in [6.45, 7) is 0.491. The molecule has 0 unspecified atom stereocenters. The Morgan fingerprint density at radius 2 is 2.18 bits per heavy atom. The van der Waals surface area contributed by atoms with E-state index in [1.807, 2.05) is 26.2 Å². The van der Waals surface area contributed by atoms with Crippen molar-refractivity contribution in [2.75, 3.05) is 14.1 Å². The molecule has 92 valence electrons. The minimum atomic E-state index is 0. The predicted molar refractivity (Wildman–Crippen MR) is 77.4 cm³/mol. The molecule has 2 aromatic heterocycles.